The van der Waals surface area contributed by atoms with E-state index in [0.717, 1.165) is 0 Å². The van der Waals surface area contributed by atoms with Gasteiger partial charge in [0.25, 0.3) is 0 Å². The van der Waals surface area contributed by atoms with E-state index in [1.165, 1.54) is 0 Å². The lowest BCUT2D eigenvalue weighted by Crippen LogP contribution is -2.45. The van der Waals surface area contributed by atoms with Crippen LogP contribution in [-0.4, -0.2) is 38.4 Å². The Labute approximate surface area is 99.5 Å². The Morgan fingerprint density at radius 2 is 1.88 bits per heavy atom. The van der Waals surface area contributed by atoms with Gasteiger partial charge in [0.2, 0.25) is 0 Å². The van der Waals surface area contributed by atoms with Crippen LogP contribution in [0.1, 0.15) is 10.4 Å². The second kappa shape index (κ2) is 4.46. The number of benzene rings is 1. The molecule has 6 heteroatoms. The van der Waals surface area contributed by atoms with E-state index in [-0.39, 0.29) is 29.9 Å². The van der Waals surface area contributed by atoms with Gasteiger partial charge in [-0.25, -0.2) is 8.42 Å². The topological polar surface area (TPSA) is 86.5 Å². The molecule has 0 radical (unpaired) electrons. The molecular weight excluding hydrogens is 242 g/mol. The molecule has 0 spiro atoms. The number of carbonyl (C=O) groups is 1. The summed E-state index contributed by atoms with van der Waals surface area (Å²) in [5.41, 5.74) is 5.76. The molecule has 2 N–H and O–H groups in total. The van der Waals surface area contributed by atoms with Crippen molar-refractivity contribution in [3.63, 3.8) is 0 Å². The standard InChI is InChI=1S/C11H13NO4S/c12-5-11(13)8-1-3-9(4-2-8)16-10-6-17(14,15)7-10/h1-4,10H,5-7,12H2. The van der Waals surface area contributed by atoms with Gasteiger partial charge in [-0.15, -0.1) is 0 Å². The first-order valence-electron chi connectivity index (χ1n) is 5.20. The van der Waals surface area contributed by atoms with Gasteiger partial charge in [-0.05, 0) is 24.3 Å². The number of ether oxygens (including phenoxy) is 1. The summed E-state index contributed by atoms with van der Waals surface area (Å²) in [5, 5.41) is 0. The lowest BCUT2D eigenvalue weighted by molar-refractivity contribution is 0.100. The molecule has 0 atom stereocenters. The lowest BCUT2D eigenvalue weighted by atomic mass is 10.1. The largest absolute Gasteiger partial charge is 0.488 e. The van der Waals surface area contributed by atoms with E-state index >= 15 is 0 Å². The maximum Gasteiger partial charge on any atom is 0.176 e. The first-order valence-corrected chi connectivity index (χ1v) is 7.03. The van der Waals surface area contributed by atoms with Gasteiger partial charge in [0.05, 0.1) is 18.1 Å². The summed E-state index contributed by atoms with van der Waals surface area (Å²) in [5.74, 6) is 0.564. The summed E-state index contributed by atoms with van der Waals surface area (Å²) in [4.78, 5) is 11.3. The first-order chi connectivity index (χ1) is 8.00. The van der Waals surface area contributed by atoms with Crippen LogP contribution in [0.3, 0.4) is 0 Å². The number of sulfone groups is 1. The van der Waals surface area contributed by atoms with Crippen LogP contribution in [0.5, 0.6) is 5.75 Å². The fourth-order valence-corrected chi connectivity index (χ4v) is 2.79. The van der Waals surface area contributed by atoms with Gasteiger partial charge >= 0.3 is 0 Å². The Hall–Kier alpha value is -1.40. The minimum absolute atomic E-state index is 0.0267. The second-order valence-corrected chi connectivity index (χ2v) is 6.12. The lowest BCUT2D eigenvalue weighted by Gasteiger charge is -2.26. The normalized spacial score (nSPS) is 18.4. The van der Waals surface area contributed by atoms with Crippen molar-refractivity contribution in [2.75, 3.05) is 18.1 Å². The van der Waals surface area contributed by atoms with E-state index in [9.17, 15) is 13.2 Å². The summed E-state index contributed by atoms with van der Waals surface area (Å²) in [6, 6.07) is 6.54. The highest BCUT2D eigenvalue weighted by Gasteiger charge is 2.35. The minimum Gasteiger partial charge on any atom is -0.488 e. The van der Waals surface area contributed by atoms with E-state index in [0.29, 0.717) is 11.3 Å². The molecule has 1 saturated heterocycles. The predicted molar refractivity (Wildman–Crippen MR) is 62.9 cm³/mol. The summed E-state index contributed by atoms with van der Waals surface area (Å²) in [7, 11) is -2.87. The molecule has 1 aromatic carbocycles. The van der Waals surface area contributed by atoms with Crippen LogP contribution in [0, 0.1) is 0 Å². The number of hydrogen-bond donors (Lipinski definition) is 1. The molecule has 17 heavy (non-hydrogen) atoms. The summed E-state index contributed by atoms with van der Waals surface area (Å²) in [6.07, 6.45) is -0.268. The number of hydrogen-bond acceptors (Lipinski definition) is 5. The van der Waals surface area contributed by atoms with Crippen LogP contribution in [-0.2, 0) is 9.84 Å². The van der Waals surface area contributed by atoms with Crippen LogP contribution in [0.4, 0.5) is 0 Å². The monoisotopic (exact) mass is 255 g/mol. The van der Waals surface area contributed by atoms with Gasteiger partial charge in [-0.3, -0.25) is 4.79 Å². The minimum atomic E-state index is -2.87. The van der Waals surface area contributed by atoms with Crippen molar-refractivity contribution in [3.8, 4) is 5.75 Å². The zero-order chi connectivity index (χ0) is 12.5. The van der Waals surface area contributed by atoms with Crippen LogP contribution < -0.4 is 10.5 Å². The highest BCUT2D eigenvalue weighted by atomic mass is 32.2. The Kier molecular flexibility index (Phi) is 3.17. The van der Waals surface area contributed by atoms with E-state index < -0.39 is 9.84 Å². The molecule has 0 aliphatic carbocycles. The second-order valence-electron chi connectivity index (χ2n) is 3.97. The third-order valence-corrected chi connectivity index (χ3v) is 4.30. The van der Waals surface area contributed by atoms with Gasteiger partial charge in [-0.2, -0.15) is 0 Å². The molecule has 0 amide bonds. The highest BCUT2D eigenvalue weighted by molar-refractivity contribution is 7.92. The Balaban J connectivity index is 1.97. The van der Waals surface area contributed by atoms with Crippen LogP contribution in [0.2, 0.25) is 0 Å². The maximum atomic E-state index is 11.3. The predicted octanol–water partition coefficient (Wildman–Crippen LogP) is 0.00380. The third kappa shape index (κ3) is 2.83. The molecule has 0 saturated carbocycles. The van der Waals surface area contributed by atoms with E-state index in [1.807, 2.05) is 0 Å². The SMILES string of the molecule is NCC(=O)c1ccc(OC2CS(=O)(=O)C2)cc1. The van der Waals surface area contributed by atoms with Crippen molar-refractivity contribution >= 4 is 15.6 Å². The Morgan fingerprint density at radius 1 is 1.29 bits per heavy atom. The van der Waals surface area contributed by atoms with Crippen molar-refractivity contribution in [3.05, 3.63) is 29.8 Å². The van der Waals surface area contributed by atoms with Crippen molar-refractivity contribution < 1.29 is 17.9 Å². The molecule has 1 fully saturated rings. The smallest absolute Gasteiger partial charge is 0.176 e. The zero-order valence-corrected chi connectivity index (χ0v) is 9.94. The molecule has 0 aromatic heterocycles. The molecular formula is C11H13NO4S. The van der Waals surface area contributed by atoms with E-state index in [4.69, 9.17) is 10.5 Å². The van der Waals surface area contributed by atoms with Crippen molar-refractivity contribution in [2.24, 2.45) is 5.73 Å². The number of ketones is 1. The summed E-state index contributed by atoms with van der Waals surface area (Å²) in [6.45, 7) is -0.0267. The van der Waals surface area contributed by atoms with Gasteiger partial charge in [0, 0.05) is 5.56 Å². The molecule has 92 valence electrons. The van der Waals surface area contributed by atoms with Crippen LogP contribution in [0.25, 0.3) is 0 Å². The Morgan fingerprint density at radius 3 is 2.35 bits per heavy atom. The molecule has 1 aromatic rings. The van der Waals surface area contributed by atoms with Gasteiger partial charge in [-0.1, -0.05) is 0 Å². The quantitative estimate of drug-likeness (QED) is 0.765. The fraction of sp³-hybridized carbons (Fsp3) is 0.364. The first kappa shape index (κ1) is 12.1. The maximum absolute atomic E-state index is 11.3. The number of carbonyl (C=O) groups excluding carboxylic acids is 1. The highest BCUT2D eigenvalue weighted by Crippen LogP contribution is 2.20. The summed E-state index contributed by atoms with van der Waals surface area (Å²) < 4.78 is 27.3. The van der Waals surface area contributed by atoms with Crippen molar-refractivity contribution in [1.82, 2.24) is 0 Å². The van der Waals surface area contributed by atoms with E-state index in [2.05, 4.69) is 0 Å². The van der Waals surface area contributed by atoms with Crippen LogP contribution >= 0.6 is 0 Å². The van der Waals surface area contributed by atoms with Gasteiger partial charge < -0.3 is 10.5 Å². The fourth-order valence-electron chi connectivity index (χ4n) is 1.62. The molecule has 5 nitrogen and oxygen atoms in total. The van der Waals surface area contributed by atoms with Crippen LogP contribution in [0.15, 0.2) is 24.3 Å². The average Bonchev–Trinajstić information content (AvgIpc) is 2.26. The molecule has 2 rings (SSSR count). The summed E-state index contributed by atoms with van der Waals surface area (Å²) >= 11 is 0. The molecule has 1 aliphatic heterocycles. The number of rotatable bonds is 4. The number of Topliss-reactive ketones (excluding diaryl/α,β-unsaturated/α-hetero) is 1. The molecule has 0 unspecified atom stereocenters. The molecule has 1 aliphatic rings. The molecule has 1 heterocycles. The average molecular weight is 255 g/mol. The zero-order valence-electron chi connectivity index (χ0n) is 9.13. The van der Waals surface area contributed by atoms with Gasteiger partial charge in [0.1, 0.15) is 11.9 Å². The molecule has 0 bridgehead atoms. The van der Waals surface area contributed by atoms with Crippen molar-refractivity contribution in [1.29, 1.82) is 0 Å². The van der Waals surface area contributed by atoms with Gasteiger partial charge in [0.15, 0.2) is 15.6 Å². The number of nitrogens with two attached hydrogens (primary N) is 1. The third-order valence-electron chi connectivity index (χ3n) is 2.54. The Bertz CT molecular complexity index is 509. The van der Waals surface area contributed by atoms with Crippen molar-refractivity contribution in [2.45, 2.75) is 6.10 Å². The van der Waals surface area contributed by atoms with E-state index in [1.54, 1.807) is 24.3 Å².